The van der Waals surface area contributed by atoms with Gasteiger partial charge in [-0.25, -0.2) is 14.4 Å². The van der Waals surface area contributed by atoms with Crippen molar-refractivity contribution in [3.63, 3.8) is 0 Å². The van der Waals surface area contributed by atoms with E-state index in [-0.39, 0.29) is 5.69 Å². The van der Waals surface area contributed by atoms with Gasteiger partial charge < -0.3 is 5.32 Å². The SMILES string of the molecule is CCNc1ncc(F)c(-c2cccc(Cl)c2)n1. The van der Waals surface area contributed by atoms with E-state index in [9.17, 15) is 4.39 Å². The minimum atomic E-state index is -0.464. The van der Waals surface area contributed by atoms with E-state index in [1.54, 1.807) is 24.3 Å². The standard InChI is InChI=1S/C12H11ClFN3/c1-2-15-12-16-7-10(14)11(17-12)8-4-3-5-9(13)6-8/h3-7H,2H2,1H3,(H,15,16,17). The molecule has 0 bridgehead atoms. The fourth-order valence-corrected chi connectivity index (χ4v) is 1.64. The van der Waals surface area contributed by atoms with Gasteiger partial charge in [0.15, 0.2) is 5.82 Å². The maximum Gasteiger partial charge on any atom is 0.223 e. The summed E-state index contributed by atoms with van der Waals surface area (Å²) in [4.78, 5) is 7.96. The van der Waals surface area contributed by atoms with Gasteiger partial charge in [0.2, 0.25) is 5.95 Å². The fourth-order valence-electron chi connectivity index (χ4n) is 1.45. The average molecular weight is 252 g/mol. The Morgan fingerprint density at radius 2 is 2.24 bits per heavy atom. The minimum absolute atomic E-state index is 0.249. The molecule has 3 nitrogen and oxygen atoms in total. The maximum absolute atomic E-state index is 13.6. The Kier molecular flexibility index (Phi) is 3.54. The minimum Gasteiger partial charge on any atom is -0.354 e. The molecule has 0 fully saturated rings. The fraction of sp³-hybridized carbons (Fsp3) is 0.167. The van der Waals surface area contributed by atoms with Crippen molar-refractivity contribution < 1.29 is 4.39 Å². The molecule has 0 saturated heterocycles. The first-order valence-electron chi connectivity index (χ1n) is 5.23. The van der Waals surface area contributed by atoms with Gasteiger partial charge >= 0.3 is 0 Å². The van der Waals surface area contributed by atoms with Gasteiger partial charge in [-0.1, -0.05) is 23.7 Å². The second-order valence-corrected chi connectivity index (χ2v) is 3.87. The van der Waals surface area contributed by atoms with Crippen LogP contribution in [0, 0.1) is 5.82 Å². The molecule has 88 valence electrons. The van der Waals surface area contributed by atoms with Crippen LogP contribution in [0.5, 0.6) is 0 Å². The number of halogens is 2. The smallest absolute Gasteiger partial charge is 0.223 e. The number of aromatic nitrogens is 2. The molecule has 0 amide bonds. The molecule has 0 radical (unpaired) electrons. The monoisotopic (exact) mass is 251 g/mol. The summed E-state index contributed by atoms with van der Waals surface area (Å²) in [6.45, 7) is 2.60. The van der Waals surface area contributed by atoms with Crippen LogP contribution in [0.3, 0.4) is 0 Å². The summed E-state index contributed by atoms with van der Waals surface area (Å²) in [7, 11) is 0. The second-order valence-electron chi connectivity index (χ2n) is 3.43. The van der Waals surface area contributed by atoms with Crippen molar-refractivity contribution in [3.8, 4) is 11.3 Å². The molecule has 5 heteroatoms. The van der Waals surface area contributed by atoms with E-state index in [0.29, 0.717) is 23.1 Å². The van der Waals surface area contributed by atoms with Crippen LogP contribution >= 0.6 is 11.6 Å². The van der Waals surface area contributed by atoms with Crippen molar-refractivity contribution >= 4 is 17.5 Å². The largest absolute Gasteiger partial charge is 0.354 e. The quantitative estimate of drug-likeness (QED) is 0.909. The van der Waals surface area contributed by atoms with Crippen LogP contribution in [-0.4, -0.2) is 16.5 Å². The summed E-state index contributed by atoms with van der Waals surface area (Å²) in [5.41, 5.74) is 0.884. The molecular weight excluding hydrogens is 241 g/mol. The van der Waals surface area contributed by atoms with Gasteiger partial charge in [-0.15, -0.1) is 0 Å². The van der Waals surface area contributed by atoms with Crippen LogP contribution in [0.25, 0.3) is 11.3 Å². The Balaban J connectivity index is 2.46. The normalized spacial score (nSPS) is 10.3. The summed E-state index contributed by atoms with van der Waals surface area (Å²) >= 11 is 5.87. The van der Waals surface area contributed by atoms with Crippen molar-refractivity contribution in [3.05, 3.63) is 41.3 Å². The van der Waals surface area contributed by atoms with Crippen LogP contribution in [0.4, 0.5) is 10.3 Å². The molecule has 1 aromatic carbocycles. The molecule has 0 unspecified atom stereocenters. The molecule has 0 aliphatic rings. The molecule has 1 heterocycles. The van der Waals surface area contributed by atoms with Crippen molar-refractivity contribution in [1.82, 2.24) is 9.97 Å². The molecule has 0 saturated carbocycles. The summed E-state index contributed by atoms with van der Waals surface area (Å²) in [6.07, 6.45) is 1.15. The summed E-state index contributed by atoms with van der Waals surface area (Å²) in [6, 6.07) is 6.91. The van der Waals surface area contributed by atoms with Crippen molar-refractivity contribution in [2.75, 3.05) is 11.9 Å². The Morgan fingerprint density at radius 3 is 2.94 bits per heavy atom. The van der Waals surface area contributed by atoms with E-state index in [1.807, 2.05) is 6.92 Å². The van der Waals surface area contributed by atoms with Crippen LogP contribution in [-0.2, 0) is 0 Å². The molecule has 1 N–H and O–H groups in total. The predicted molar refractivity (Wildman–Crippen MR) is 66.6 cm³/mol. The van der Waals surface area contributed by atoms with Gasteiger partial charge in [-0.05, 0) is 19.1 Å². The lowest BCUT2D eigenvalue weighted by atomic mass is 10.1. The molecule has 2 rings (SSSR count). The molecule has 17 heavy (non-hydrogen) atoms. The van der Waals surface area contributed by atoms with Gasteiger partial charge in [-0.2, -0.15) is 0 Å². The summed E-state index contributed by atoms with van der Waals surface area (Å²) < 4.78 is 13.6. The van der Waals surface area contributed by atoms with E-state index in [2.05, 4.69) is 15.3 Å². The number of nitrogens with one attached hydrogen (secondary N) is 1. The second kappa shape index (κ2) is 5.10. The van der Waals surface area contributed by atoms with Crippen molar-refractivity contribution in [1.29, 1.82) is 0 Å². The summed E-state index contributed by atoms with van der Waals surface area (Å²) in [5, 5.41) is 3.48. The zero-order valence-corrected chi connectivity index (χ0v) is 10.0. The third-order valence-corrected chi connectivity index (χ3v) is 2.41. The van der Waals surface area contributed by atoms with E-state index in [4.69, 9.17) is 11.6 Å². The van der Waals surface area contributed by atoms with Gasteiger partial charge in [0.05, 0.1) is 6.20 Å². The highest BCUT2D eigenvalue weighted by Gasteiger charge is 2.09. The van der Waals surface area contributed by atoms with Gasteiger partial charge in [0, 0.05) is 17.1 Å². The number of nitrogens with zero attached hydrogens (tertiary/aromatic N) is 2. The topological polar surface area (TPSA) is 37.8 Å². The first-order valence-corrected chi connectivity index (χ1v) is 5.61. The van der Waals surface area contributed by atoms with E-state index in [1.165, 1.54) is 0 Å². The molecule has 0 spiro atoms. The third kappa shape index (κ3) is 2.71. The number of hydrogen-bond acceptors (Lipinski definition) is 3. The number of anilines is 1. The lowest BCUT2D eigenvalue weighted by molar-refractivity contribution is 0.618. The zero-order valence-electron chi connectivity index (χ0n) is 9.24. The number of hydrogen-bond donors (Lipinski definition) is 1. The van der Waals surface area contributed by atoms with Crippen LogP contribution in [0.1, 0.15) is 6.92 Å². The van der Waals surface area contributed by atoms with Crippen molar-refractivity contribution in [2.45, 2.75) is 6.92 Å². The first kappa shape index (κ1) is 11.8. The molecule has 0 aliphatic carbocycles. The van der Waals surface area contributed by atoms with Gasteiger partial charge in [0.1, 0.15) is 5.69 Å². The van der Waals surface area contributed by atoms with E-state index < -0.39 is 5.82 Å². The number of benzene rings is 1. The molecule has 2 aromatic rings. The molecule has 0 aliphatic heterocycles. The highest BCUT2D eigenvalue weighted by Crippen LogP contribution is 2.23. The predicted octanol–water partition coefficient (Wildman–Crippen LogP) is 3.37. The highest BCUT2D eigenvalue weighted by molar-refractivity contribution is 6.30. The zero-order chi connectivity index (χ0) is 12.3. The van der Waals surface area contributed by atoms with E-state index >= 15 is 0 Å². The lowest BCUT2D eigenvalue weighted by Crippen LogP contribution is -2.03. The lowest BCUT2D eigenvalue weighted by Gasteiger charge is -2.06. The Labute approximate surface area is 104 Å². The molecule has 1 aromatic heterocycles. The summed E-state index contributed by atoms with van der Waals surface area (Å²) in [5.74, 6) is -0.0576. The Hall–Kier alpha value is -1.68. The van der Waals surface area contributed by atoms with E-state index in [0.717, 1.165) is 6.20 Å². The Morgan fingerprint density at radius 1 is 1.41 bits per heavy atom. The maximum atomic E-state index is 13.6. The van der Waals surface area contributed by atoms with Gasteiger partial charge in [0.25, 0.3) is 0 Å². The number of rotatable bonds is 3. The van der Waals surface area contributed by atoms with Crippen LogP contribution in [0.2, 0.25) is 5.02 Å². The third-order valence-electron chi connectivity index (χ3n) is 2.18. The highest BCUT2D eigenvalue weighted by atomic mass is 35.5. The molecule has 0 atom stereocenters. The van der Waals surface area contributed by atoms with Crippen molar-refractivity contribution in [2.24, 2.45) is 0 Å². The van der Waals surface area contributed by atoms with Crippen LogP contribution < -0.4 is 5.32 Å². The average Bonchev–Trinajstić information content (AvgIpc) is 2.32. The Bertz CT molecular complexity index is 531. The molecular formula is C12H11ClFN3. The van der Waals surface area contributed by atoms with Gasteiger partial charge in [-0.3, -0.25) is 0 Å². The first-order chi connectivity index (χ1) is 8.20. The van der Waals surface area contributed by atoms with Crippen LogP contribution in [0.15, 0.2) is 30.5 Å².